The number of amides is 2. The number of carbonyl (C=O) groups is 2. The zero-order valence-corrected chi connectivity index (χ0v) is 15.5. The normalized spacial score (nSPS) is 11.4. The fraction of sp³-hybridized carbons (Fsp3) is 0.300. The second kappa shape index (κ2) is 8.89. The van der Waals surface area contributed by atoms with E-state index in [0.717, 1.165) is 16.7 Å². The molecule has 0 saturated heterocycles. The fourth-order valence-electron chi connectivity index (χ4n) is 2.71. The molecule has 26 heavy (non-hydrogen) atoms. The van der Waals surface area contributed by atoms with Gasteiger partial charge in [-0.15, -0.1) is 0 Å². The Morgan fingerprint density at radius 2 is 1.85 bits per heavy atom. The molecule has 0 bridgehead atoms. The number of carbonyl (C=O) groups excluding carboxylic acids is 2. The van der Waals surface area contributed by atoms with Crippen LogP contribution in [0.1, 0.15) is 40.0 Å². The van der Waals surface area contributed by atoms with Crippen molar-refractivity contribution in [2.45, 2.75) is 26.4 Å². The van der Waals surface area contributed by atoms with Crippen LogP contribution >= 0.6 is 0 Å². The summed E-state index contributed by atoms with van der Waals surface area (Å²) in [5.74, 6) is -0.0560. The van der Waals surface area contributed by atoms with Crippen molar-refractivity contribution >= 4 is 12.0 Å². The number of rotatable bonds is 6. The Hall–Kier alpha value is -3.02. The first-order chi connectivity index (χ1) is 12.5. The molecular formula is C20H24N2O4. The van der Waals surface area contributed by atoms with E-state index in [0.29, 0.717) is 11.3 Å². The highest BCUT2D eigenvalue weighted by molar-refractivity contribution is 5.92. The van der Waals surface area contributed by atoms with Crippen molar-refractivity contribution in [1.82, 2.24) is 10.6 Å². The van der Waals surface area contributed by atoms with E-state index >= 15 is 0 Å². The van der Waals surface area contributed by atoms with Crippen molar-refractivity contribution in [3.8, 4) is 5.75 Å². The second-order valence-corrected chi connectivity index (χ2v) is 5.93. The Kier molecular flexibility index (Phi) is 6.60. The predicted octanol–water partition coefficient (Wildman–Crippen LogP) is 3.35. The van der Waals surface area contributed by atoms with Crippen LogP contribution in [0, 0.1) is 6.92 Å². The summed E-state index contributed by atoms with van der Waals surface area (Å²) < 4.78 is 9.91. The molecule has 0 radical (unpaired) electrons. The van der Waals surface area contributed by atoms with Crippen LogP contribution in [0.15, 0.2) is 42.5 Å². The van der Waals surface area contributed by atoms with Crippen LogP contribution in [0.3, 0.4) is 0 Å². The largest absolute Gasteiger partial charge is 0.496 e. The first-order valence-electron chi connectivity index (χ1n) is 8.31. The average Bonchev–Trinajstić information content (AvgIpc) is 2.65. The highest BCUT2D eigenvalue weighted by atomic mass is 16.5. The molecule has 138 valence electrons. The summed E-state index contributed by atoms with van der Waals surface area (Å²) in [5, 5.41) is 5.71. The molecule has 0 fully saturated rings. The third-order valence-corrected chi connectivity index (χ3v) is 4.12. The van der Waals surface area contributed by atoms with Crippen LogP contribution in [0.4, 0.5) is 4.79 Å². The topological polar surface area (TPSA) is 76.7 Å². The minimum absolute atomic E-state index is 0.113. The zero-order chi connectivity index (χ0) is 19.1. The summed E-state index contributed by atoms with van der Waals surface area (Å²) in [5.41, 5.74) is 3.28. The van der Waals surface area contributed by atoms with Crippen molar-refractivity contribution in [2.75, 3.05) is 14.2 Å². The first-order valence-corrected chi connectivity index (χ1v) is 8.31. The van der Waals surface area contributed by atoms with Gasteiger partial charge in [0.2, 0.25) is 0 Å². The number of ether oxygens (including phenoxy) is 2. The molecule has 0 aliphatic carbocycles. The molecule has 0 spiro atoms. The highest BCUT2D eigenvalue weighted by Gasteiger charge is 2.14. The quantitative estimate of drug-likeness (QED) is 0.778. The molecular weight excluding hydrogens is 332 g/mol. The Balaban J connectivity index is 1.99. The van der Waals surface area contributed by atoms with Crippen LogP contribution < -0.4 is 15.4 Å². The maximum Gasteiger partial charge on any atom is 0.341 e. The summed E-state index contributed by atoms with van der Waals surface area (Å²) in [6.45, 7) is 4.22. The molecule has 0 aliphatic heterocycles. The van der Waals surface area contributed by atoms with Crippen LogP contribution in [-0.2, 0) is 11.3 Å². The van der Waals surface area contributed by atoms with E-state index in [1.807, 2.05) is 38.1 Å². The molecule has 2 aromatic carbocycles. The van der Waals surface area contributed by atoms with Gasteiger partial charge in [-0.3, -0.25) is 0 Å². The van der Waals surface area contributed by atoms with Gasteiger partial charge in [-0.1, -0.05) is 30.3 Å². The van der Waals surface area contributed by atoms with Crippen molar-refractivity contribution < 1.29 is 19.1 Å². The Labute approximate surface area is 153 Å². The van der Waals surface area contributed by atoms with E-state index in [-0.39, 0.29) is 18.6 Å². The Morgan fingerprint density at radius 1 is 1.12 bits per heavy atom. The predicted molar refractivity (Wildman–Crippen MR) is 99.3 cm³/mol. The van der Waals surface area contributed by atoms with Gasteiger partial charge in [-0.05, 0) is 42.7 Å². The van der Waals surface area contributed by atoms with Gasteiger partial charge in [-0.2, -0.15) is 0 Å². The van der Waals surface area contributed by atoms with Gasteiger partial charge in [0.15, 0.2) is 0 Å². The van der Waals surface area contributed by atoms with Crippen molar-refractivity contribution in [1.29, 1.82) is 0 Å². The SMILES string of the molecule is COC(=O)c1cc(CNC(=O)N[C@@H](C)c2ccccc2C)ccc1OC. The van der Waals surface area contributed by atoms with E-state index in [1.54, 1.807) is 18.2 Å². The lowest BCUT2D eigenvalue weighted by Gasteiger charge is -2.17. The summed E-state index contributed by atoms with van der Waals surface area (Å²) >= 11 is 0. The third-order valence-electron chi connectivity index (χ3n) is 4.12. The molecule has 1 atom stereocenters. The Morgan fingerprint density at radius 3 is 2.50 bits per heavy atom. The standard InChI is InChI=1S/C20H24N2O4/c1-13-7-5-6-8-16(13)14(2)22-20(24)21-12-15-9-10-18(25-3)17(11-15)19(23)26-4/h5-11,14H,12H2,1-4H3,(H2,21,22,24)/t14-/m0/s1. The van der Waals surface area contributed by atoms with Crippen molar-refractivity contribution in [2.24, 2.45) is 0 Å². The van der Waals surface area contributed by atoms with Gasteiger partial charge in [-0.25, -0.2) is 9.59 Å². The maximum atomic E-state index is 12.2. The molecule has 0 unspecified atom stereocenters. The zero-order valence-electron chi connectivity index (χ0n) is 15.5. The van der Waals surface area contributed by atoms with Gasteiger partial charge in [0.1, 0.15) is 11.3 Å². The number of benzene rings is 2. The monoisotopic (exact) mass is 356 g/mol. The molecule has 2 rings (SSSR count). The van der Waals surface area contributed by atoms with Gasteiger partial charge < -0.3 is 20.1 Å². The van der Waals surface area contributed by atoms with Gasteiger partial charge in [0.25, 0.3) is 0 Å². The molecule has 0 heterocycles. The van der Waals surface area contributed by atoms with Crippen molar-refractivity contribution in [3.63, 3.8) is 0 Å². The van der Waals surface area contributed by atoms with Crippen LogP contribution in [0.5, 0.6) is 5.75 Å². The van der Waals surface area contributed by atoms with Crippen molar-refractivity contribution in [3.05, 3.63) is 64.7 Å². The lowest BCUT2D eigenvalue weighted by Crippen LogP contribution is -2.36. The number of urea groups is 1. The number of methoxy groups -OCH3 is 2. The number of esters is 1. The minimum atomic E-state index is -0.485. The van der Waals surface area contributed by atoms with Gasteiger partial charge in [0, 0.05) is 6.54 Å². The summed E-state index contributed by atoms with van der Waals surface area (Å²) in [4.78, 5) is 24.0. The van der Waals surface area contributed by atoms with E-state index in [2.05, 4.69) is 10.6 Å². The molecule has 2 aromatic rings. The second-order valence-electron chi connectivity index (χ2n) is 5.93. The van der Waals surface area contributed by atoms with Gasteiger partial charge >= 0.3 is 12.0 Å². The van der Waals surface area contributed by atoms with Crippen LogP contribution in [0.2, 0.25) is 0 Å². The number of nitrogens with one attached hydrogen (secondary N) is 2. The lowest BCUT2D eigenvalue weighted by molar-refractivity contribution is 0.0597. The summed E-state index contributed by atoms with van der Waals surface area (Å²) in [7, 11) is 2.80. The molecule has 0 aromatic heterocycles. The van der Waals surface area contributed by atoms with Crippen LogP contribution in [0.25, 0.3) is 0 Å². The fourth-order valence-corrected chi connectivity index (χ4v) is 2.71. The van der Waals surface area contributed by atoms with Crippen LogP contribution in [-0.4, -0.2) is 26.2 Å². The molecule has 0 aliphatic rings. The number of hydrogen-bond acceptors (Lipinski definition) is 4. The third kappa shape index (κ3) is 4.75. The molecule has 6 heteroatoms. The number of hydrogen-bond donors (Lipinski definition) is 2. The van der Waals surface area contributed by atoms with Gasteiger partial charge in [0.05, 0.1) is 20.3 Å². The molecule has 6 nitrogen and oxygen atoms in total. The molecule has 2 N–H and O–H groups in total. The minimum Gasteiger partial charge on any atom is -0.496 e. The Bertz CT molecular complexity index is 789. The lowest BCUT2D eigenvalue weighted by atomic mass is 10.0. The number of aryl methyl sites for hydroxylation is 1. The van der Waals surface area contributed by atoms with E-state index in [1.165, 1.54) is 14.2 Å². The first kappa shape index (κ1) is 19.3. The average molecular weight is 356 g/mol. The van der Waals surface area contributed by atoms with E-state index < -0.39 is 5.97 Å². The molecule has 2 amide bonds. The van der Waals surface area contributed by atoms with E-state index in [9.17, 15) is 9.59 Å². The highest BCUT2D eigenvalue weighted by Crippen LogP contribution is 2.21. The smallest absolute Gasteiger partial charge is 0.341 e. The molecule has 0 saturated carbocycles. The summed E-state index contributed by atoms with van der Waals surface area (Å²) in [6, 6.07) is 12.6. The maximum absolute atomic E-state index is 12.2. The summed E-state index contributed by atoms with van der Waals surface area (Å²) in [6.07, 6.45) is 0. The van der Waals surface area contributed by atoms with E-state index in [4.69, 9.17) is 9.47 Å².